The lowest BCUT2D eigenvalue weighted by Gasteiger charge is -2.32. The number of likely N-dealkylation sites (tertiary alicyclic amines) is 2. The van der Waals surface area contributed by atoms with Gasteiger partial charge in [-0.3, -0.25) is 9.69 Å². The smallest absolute Gasteiger partial charge is 0.176 e. The molecular formula is C23H34N2O3. The molecule has 28 heavy (non-hydrogen) atoms. The number of nitrogens with zero attached hydrogens (tertiary/aromatic N) is 2. The number of carbonyl (C=O) groups excluding carboxylic acids is 1. The molecule has 0 aliphatic carbocycles. The fourth-order valence-corrected chi connectivity index (χ4v) is 4.67. The Hall–Kier alpha value is -1.59. The molecule has 2 fully saturated rings. The number of hydrogen-bond acceptors (Lipinski definition) is 5. The van der Waals surface area contributed by atoms with E-state index in [1.165, 1.54) is 64.6 Å². The number of fused-ring (bicyclic) bond motifs is 1. The van der Waals surface area contributed by atoms with Crippen LogP contribution in [0.5, 0.6) is 11.5 Å². The second-order valence-electron chi connectivity index (χ2n) is 8.55. The molecule has 2 saturated heterocycles. The summed E-state index contributed by atoms with van der Waals surface area (Å²) in [6.07, 6.45) is 9.34. The van der Waals surface area contributed by atoms with Crippen molar-refractivity contribution in [3.63, 3.8) is 0 Å². The zero-order valence-electron chi connectivity index (χ0n) is 17.0. The molecule has 0 aromatic heterocycles. The summed E-state index contributed by atoms with van der Waals surface area (Å²) in [5.74, 6) is 2.45. The fourth-order valence-electron chi connectivity index (χ4n) is 4.67. The normalized spacial score (nSPS) is 22.0. The number of carbonyl (C=O) groups is 1. The second-order valence-corrected chi connectivity index (χ2v) is 8.55. The molecule has 3 aliphatic heterocycles. The van der Waals surface area contributed by atoms with E-state index in [1.54, 1.807) is 0 Å². The Morgan fingerprint density at radius 2 is 1.61 bits per heavy atom. The predicted molar refractivity (Wildman–Crippen MR) is 110 cm³/mol. The van der Waals surface area contributed by atoms with Gasteiger partial charge in [0.05, 0.1) is 6.54 Å². The number of benzene rings is 1. The van der Waals surface area contributed by atoms with E-state index in [0.717, 1.165) is 30.3 Å². The summed E-state index contributed by atoms with van der Waals surface area (Å²) in [4.78, 5) is 17.7. The molecule has 0 N–H and O–H groups in total. The van der Waals surface area contributed by atoms with E-state index in [9.17, 15) is 4.79 Å². The lowest BCUT2D eigenvalue weighted by Crippen LogP contribution is -2.38. The zero-order chi connectivity index (χ0) is 19.2. The second kappa shape index (κ2) is 9.75. The van der Waals surface area contributed by atoms with E-state index in [-0.39, 0.29) is 5.78 Å². The van der Waals surface area contributed by atoms with Gasteiger partial charge in [0, 0.05) is 5.56 Å². The van der Waals surface area contributed by atoms with Crippen molar-refractivity contribution in [1.82, 2.24) is 9.80 Å². The van der Waals surface area contributed by atoms with Gasteiger partial charge in [0.25, 0.3) is 0 Å². The van der Waals surface area contributed by atoms with E-state index >= 15 is 0 Å². The Morgan fingerprint density at radius 3 is 2.36 bits per heavy atom. The lowest BCUT2D eigenvalue weighted by atomic mass is 9.93. The minimum atomic E-state index is 0.181. The third kappa shape index (κ3) is 5.26. The van der Waals surface area contributed by atoms with Gasteiger partial charge in [-0.25, -0.2) is 0 Å². The zero-order valence-corrected chi connectivity index (χ0v) is 17.0. The molecule has 1 aromatic rings. The molecule has 0 radical (unpaired) electrons. The quantitative estimate of drug-likeness (QED) is 0.699. The Kier molecular flexibility index (Phi) is 6.86. The summed E-state index contributed by atoms with van der Waals surface area (Å²) in [7, 11) is 0. The van der Waals surface area contributed by atoms with Crippen molar-refractivity contribution >= 4 is 5.78 Å². The van der Waals surface area contributed by atoms with Crippen molar-refractivity contribution in [3.8, 4) is 11.5 Å². The van der Waals surface area contributed by atoms with Gasteiger partial charge in [0.2, 0.25) is 0 Å². The van der Waals surface area contributed by atoms with Crippen LogP contribution in [0.4, 0.5) is 0 Å². The highest BCUT2D eigenvalue weighted by molar-refractivity contribution is 5.98. The molecular weight excluding hydrogens is 352 g/mol. The SMILES string of the molecule is O=C(CN1CCC(CCN2CCCCCC2)CC1)c1ccc2c(c1)OCCO2. The molecule has 5 heteroatoms. The Balaban J connectivity index is 1.20. The third-order valence-electron chi connectivity index (χ3n) is 6.49. The minimum absolute atomic E-state index is 0.181. The van der Waals surface area contributed by atoms with Crippen molar-refractivity contribution < 1.29 is 14.3 Å². The molecule has 0 saturated carbocycles. The van der Waals surface area contributed by atoms with Crippen LogP contribution in [-0.2, 0) is 0 Å². The number of rotatable bonds is 6. The van der Waals surface area contributed by atoms with Gasteiger partial charge in [-0.2, -0.15) is 0 Å². The molecule has 4 rings (SSSR count). The Bertz CT molecular complexity index is 647. The van der Waals surface area contributed by atoms with Gasteiger partial charge < -0.3 is 14.4 Å². The maximum Gasteiger partial charge on any atom is 0.176 e. The summed E-state index contributed by atoms with van der Waals surface area (Å²) in [6.45, 7) is 7.58. The van der Waals surface area contributed by atoms with Gasteiger partial charge in [-0.15, -0.1) is 0 Å². The van der Waals surface area contributed by atoms with E-state index in [2.05, 4.69) is 9.80 Å². The maximum absolute atomic E-state index is 12.7. The summed E-state index contributed by atoms with van der Waals surface area (Å²) in [5.41, 5.74) is 0.729. The van der Waals surface area contributed by atoms with E-state index in [4.69, 9.17) is 9.47 Å². The molecule has 5 nitrogen and oxygen atoms in total. The molecule has 0 spiro atoms. The van der Waals surface area contributed by atoms with E-state index < -0.39 is 0 Å². The van der Waals surface area contributed by atoms with Gasteiger partial charge in [0.1, 0.15) is 13.2 Å². The average Bonchev–Trinajstić information content (AvgIpc) is 3.02. The first kappa shape index (κ1) is 19.7. The van der Waals surface area contributed by atoms with Crippen LogP contribution in [0, 0.1) is 5.92 Å². The monoisotopic (exact) mass is 386 g/mol. The molecule has 0 amide bonds. The van der Waals surface area contributed by atoms with Gasteiger partial charge >= 0.3 is 0 Å². The Morgan fingerprint density at radius 1 is 0.893 bits per heavy atom. The van der Waals surface area contributed by atoms with Crippen molar-refractivity contribution in [3.05, 3.63) is 23.8 Å². The van der Waals surface area contributed by atoms with Crippen molar-refractivity contribution in [2.75, 3.05) is 52.5 Å². The van der Waals surface area contributed by atoms with Crippen LogP contribution in [0.2, 0.25) is 0 Å². The summed E-state index contributed by atoms with van der Waals surface area (Å²) >= 11 is 0. The first-order valence-electron chi connectivity index (χ1n) is 11.2. The fraction of sp³-hybridized carbons (Fsp3) is 0.696. The number of Topliss-reactive ketones (excluding diaryl/α,β-unsaturated/α-hetero) is 1. The minimum Gasteiger partial charge on any atom is -0.486 e. The standard InChI is InChI=1S/C23H34N2O3/c26-21(20-5-6-22-23(17-20)28-16-15-27-22)18-25-13-8-19(9-14-25)7-12-24-10-3-1-2-4-11-24/h5-6,17,19H,1-4,7-16,18H2. The van der Waals surface area contributed by atoms with Crippen LogP contribution in [0.25, 0.3) is 0 Å². The first-order valence-corrected chi connectivity index (χ1v) is 11.2. The highest BCUT2D eigenvalue weighted by atomic mass is 16.6. The Labute approximate surface area is 169 Å². The molecule has 3 heterocycles. The van der Waals surface area contributed by atoms with Crippen molar-refractivity contribution in [2.24, 2.45) is 5.92 Å². The molecule has 1 aromatic carbocycles. The first-order chi connectivity index (χ1) is 13.8. The summed E-state index contributed by atoms with van der Waals surface area (Å²) in [6, 6.07) is 5.56. The summed E-state index contributed by atoms with van der Waals surface area (Å²) < 4.78 is 11.2. The largest absolute Gasteiger partial charge is 0.486 e. The van der Waals surface area contributed by atoms with Crippen LogP contribution >= 0.6 is 0 Å². The molecule has 0 atom stereocenters. The number of ether oxygens (including phenoxy) is 2. The summed E-state index contributed by atoms with van der Waals surface area (Å²) in [5, 5.41) is 0. The molecule has 3 aliphatic rings. The number of piperidine rings is 1. The van der Waals surface area contributed by atoms with Crippen molar-refractivity contribution in [1.29, 1.82) is 0 Å². The van der Waals surface area contributed by atoms with E-state index in [0.29, 0.717) is 25.5 Å². The molecule has 154 valence electrons. The van der Waals surface area contributed by atoms with Crippen LogP contribution < -0.4 is 9.47 Å². The number of ketones is 1. The third-order valence-corrected chi connectivity index (χ3v) is 6.49. The topological polar surface area (TPSA) is 42.0 Å². The van der Waals surface area contributed by atoms with Crippen LogP contribution in [0.15, 0.2) is 18.2 Å². The number of hydrogen-bond donors (Lipinski definition) is 0. The van der Waals surface area contributed by atoms with Crippen LogP contribution in [0.1, 0.15) is 55.3 Å². The van der Waals surface area contributed by atoms with Crippen molar-refractivity contribution in [2.45, 2.75) is 44.9 Å². The lowest BCUT2D eigenvalue weighted by molar-refractivity contribution is 0.0887. The maximum atomic E-state index is 12.7. The molecule has 0 bridgehead atoms. The van der Waals surface area contributed by atoms with E-state index in [1.807, 2.05) is 18.2 Å². The van der Waals surface area contributed by atoms with Gasteiger partial charge in [-0.05, 0) is 88.9 Å². The average molecular weight is 387 g/mol. The predicted octanol–water partition coefficient (Wildman–Crippen LogP) is 3.62. The highest BCUT2D eigenvalue weighted by Gasteiger charge is 2.23. The highest BCUT2D eigenvalue weighted by Crippen LogP contribution is 2.31. The van der Waals surface area contributed by atoms with Crippen LogP contribution in [0.3, 0.4) is 0 Å². The van der Waals surface area contributed by atoms with Gasteiger partial charge in [-0.1, -0.05) is 12.8 Å². The molecule has 0 unspecified atom stereocenters. The van der Waals surface area contributed by atoms with Crippen LogP contribution in [-0.4, -0.2) is 68.1 Å². The van der Waals surface area contributed by atoms with Gasteiger partial charge in [0.15, 0.2) is 17.3 Å².